The van der Waals surface area contributed by atoms with Crippen LogP contribution in [0.25, 0.3) is 0 Å². The van der Waals surface area contributed by atoms with Crippen molar-refractivity contribution in [3.63, 3.8) is 0 Å². The van der Waals surface area contributed by atoms with E-state index in [-0.39, 0.29) is 44.9 Å². The van der Waals surface area contributed by atoms with Crippen LogP contribution in [0.1, 0.15) is 17.5 Å². The quantitative estimate of drug-likeness (QED) is 0.586. The minimum absolute atomic E-state index is 0.0178. The maximum Gasteiger partial charge on any atom is 0.417 e. The molecule has 0 aromatic heterocycles. The maximum absolute atomic E-state index is 13.3. The van der Waals surface area contributed by atoms with Gasteiger partial charge in [0.15, 0.2) is 11.6 Å². The monoisotopic (exact) mass is 496 g/mol. The topological polar surface area (TPSA) is 57.7 Å². The van der Waals surface area contributed by atoms with Crippen molar-refractivity contribution in [3.05, 3.63) is 64.2 Å². The predicted octanol–water partition coefficient (Wildman–Crippen LogP) is 4.10. The number of aryl methyl sites for hydroxylation is 1. The molecule has 32 heavy (non-hydrogen) atoms. The third kappa shape index (κ3) is 5.38. The van der Waals surface area contributed by atoms with E-state index < -0.39 is 43.3 Å². The molecule has 0 bridgehead atoms. The fourth-order valence-electron chi connectivity index (χ4n) is 3.31. The first-order valence-corrected chi connectivity index (χ1v) is 11.3. The molecule has 3 rings (SSSR count). The lowest BCUT2D eigenvalue weighted by molar-refractivity contribution is -0.137. The fraction of sp³-hybridized carbons (Fsp3) is 0.350. The number of carbonyl (C=O) groups excluding carboxylic acids is 1. The molecule has 1 amide bonds. The first kappa shape index (κ1) is 24.4. The third-order valence-electron chi connectivity index (χ3n) is 5.08. The van der Waals surface area contributed by atoms with Gasteiger partial charge in [-0.2, -0.15) is 17.5 Å². The van der Waals surface area contributed by atoms with Crippen molar-refractivity contribution in [3.8, 4) is 0 Å². The molecule has 0 atom stereocenters. The minimum Gasteiger partial charge on any atom is -0.340 e. The van der Waals surface area contributed by atoms with Crippen molar-refractivity contribution >= 4 is 27.5 Å². The standard InChI is InChI=1S/C20H18ClF5N2O3S/c21-16-4-3-14(12-15(16)20(24,25)26)32(30,31)28-9-7-27(8-10-28)19(29)6-2-13-1-5-17(22)18(23)11-13/h1,3-5,11-12H,2,6-10H2. The first-order valence-electron chi connectivity index (χ1n) is 9.48. The highest BCUT2D eigenvalue weighted by Crippen LogP contribution is 2.36. The Morgan fingerprint density at radius 1 is 0.969 bits per heavy atom. The number of piperazine rings is 1. The van der Waals surface area contributed by atoms with Crippen LogP contribution >= 0.6 is 11.6 Å². The van der Waals surface area contributed by atoms with Gasteiger partial charge in [0.05, 0.1) is 15.5 Å². The van der Waals surface area contributed by atoms with Gasteiger partial charge in [0, 0.05) is 32.6 Å². The number of halogens is 6. The Morgan fingerprint density at radius 2 is 1.62 bits per heavy atom. The zero-order chi connectivity index (χ0) is 23.7. The van der Waals surface area contributed by atoms with Gasteiger partial charge in [0.1, 0.15) is 0 Å². The summed E-state index contributed by atoms with van der Waals surface area (Å²) in [6, 6.07) is 5.74. The number of hydrogen-bond acceptors (Lipinski definition) is 3. The van der Waals surface area contributed by atoms with Crippen molar-refractivity contribution in [1.29, 1.82) is 0 Å². The molecule has 12 heteroatoms. The Kier molecular flexibility index (Phi) is 7.11. The van der Waals surface area contributed by atoms with E-state index in [9.17, 15) is 35.2 Å². The van der Waals surface area contributed by atoms with Gasteiger partial charge in [0.2, 0.25) is 15.9 Å². The van der Waals surface area contributed by atoms with E-state index in [2.05, 4.69) is 0 Å². The second kappa shape index (κ2) is 9.32. The number of alkyl halides is 3. The van der Waals surface area contributed by atoms with E-state index in [0.717, 1.165) is 28.6 Å². The number of nitrogens with zero attached hydrogens (tertiary/aromatic N) is 2. The molecule has 1 aliphatic heterocycles. The highest BCUT2D eigenvalue weighted by atomic mass is 35.5. The molecule has 1 heterocycles. The third-order valence-corrected chi connectivity index (χ3v) is 7.31. The lowest BCUT2D eigenvalue weighted by atomic mass is 10.1. The van der Waals surface area contributed by atoms with Crippen LogP contribution in [0.2, 0.25) is 5.02 Å². The Morgan fingerprint density at radius 3 is 2.22 bits per heavy atom. The summed E-state index contributed by atoms with van der Waals surface area (Å²) in [4.78, 5) is 13.3. The van der Waals surface area contributed by atoms with Crippen molar-refractivity contribution in [2.75, 3.05) is 26.2 Å². The van der Waals surface area contributed by atoms with Crippen LogP contribution in [-0.4, -0.2) is 49.7 Å². The molecule has 0 saturated carbocycles. The Hall–Kier alpha value is -2.24. The molecule has 0 N–H and O–H groups in total. The zero-order valence-corrected chi connectivity index (χ0v) is 18.1. The summed E-state index contributed by atoms with van der Waals surface area (Å²) in [5, 5.41) is -0.604. The zero-order valence-electron chi connectivity index (χ0n) is 16.5. The number of hydrogen-bond donors (Lipinski definition) is 0. The van der Waals surface area contributed by atoms with Crippen LogP contribution in [0, 0.1) is 11.6 Å². The van der Waals surface area contributed by atoms with Gasteiger partial charge in [-0.05, 0) is 42.3 Å². The molecule has 0 radical (unpaired) electrons. The van der Waals surface area contributed by atoms with Gasteiger partial charge in [-0.25, -0.2) is 17.2 Å². The van der Waals surface area contributed by atoms with Gasteiger partial charge in [-0.15, -0.1) is 0 Å². The number of carbonyl (C=O) groups is 1. The molecule has 0 unspecified atom stereocenters. The molecule has 174 valence electrons. The minimum atomic E-state index is -4.80. The van der Waals surface area contributed by atoms with Crippen LogP contribution in [0.3, 0.4) is 0 Å². The first-order chi connectivity index (χ1) is 14.9. The van der Waals surface area contributed by atoms with Crippen LogP contribution in [0.15, 0.2) is 41.3 Å². The summed E-state index contributed by atoms with van der Waals surface area (Å²) < 4.78 is 92.0. The van der Waals surface area contributed by atoms with Crippen LogP contribution < -0.4 is 0 Å². The molecule has 2 aromatic carbocycles. The van der Waals surface area contributed by atoms with Gasteiger partial charge < -0.3 is 4.90 Å². The van der Waals surface area contributed by atoms with Crippen molar-refractivity contribution in [2.45, 2.75) is 23.9 Å². The van der Waals surface area contributed by atoms with Crippen LogP contribution in [-0.2, 0) is 27.4 Å². The van der Waals surface area contributed by atoms with Crippen molar-refractivity contribution in [1.82, 2.24) is 9.21 Å². The highest BCUT2D eigenvalue weighted by Gasteiger charge is 2.36. The number of rotatable bonds is 5. The summed E-state index contributed by atoms with van der Waals surface area (Å²) in [6.07, 6.45) is -4.61. The molecule has 0 spiro atoms. The van der Waals surface area contributed by atoms with Gasteiger partial charge >= 0.3 is 6.18 Å². The van der Waals surface area contributed by atoms with E-state index >= 15 is 0 Å². The van der Waals surface area contributed by atoms with Gasteiger partial charge in [-0.3, -0.25) is 4.79 Å². The SMILES string of the molecule is O=C(CCc1ccc(F)c(F)c1)N1CCN(S(=O)(=O)c2ccc(Cl)c(C(F)(F)F)c2)CC1. The summed E-state index contributed by atoms with van der Waals surface area (Å²) in [6.45, 7) is -0.0857. The van der Waals surface area contributed by atoms with E-state index in [1.54, 1.807) is 0 Å². The molecular formula is C20H18ClF5N2O3S. The van der Waals surface area contributed by atoms with Crippen LogP contribution in [0.5, 0.6) is 0 Å². The molecule has 1 fully saturated rings. The normalized spacial score (nSPS) is 15.8. The summed E-state index contributed by atoms with van der Waals surface area (Å²) >= 11 is 5.55. The smallest absolute Gasteiger partial charge is 0.340 e. The average molecular weight is 497 g/mol. The Labute approximate surface area is 186 Å². The highest BCUT2D eigenvalue weighted by molar-refractivity contribution is 7.89. The molecule has 5 nitrogen and oxygen atoms in total. The molecule has 1 aliphatic rings. The largest absolute Gasteiger partial charge is 0.417 e. The molecule has 0 aliphatic carbocycles. The van der Waals surface area contributed by atoms with E-state index in [0.29, 0.717) is 11.6 Å². The maximum atomic E-state index is 13.3. The van der Waals surface area contributed by atoms with E-state index in [1.165, 1.54) is 11.0 Å². The number of sulfonamides is 1. The summed E-state index contributed by atoms with van der Waals surface area (Å²) in [7, 11) is -4.22. The fourth-order valence-corrected chi connectivity index (χ4v) is 4.99. The predicted molar refractivity (Wildman–Crippen MR) is 106 cm³/mol. The molecular weight excluding hydrogens is 479 g/mol. The van der Waals surface area contributed by atoms with Gasteiger partial charge in [-0.1, -0.05) is 17.7 Å². The average Bonchev–Trinajstić information content (AvgIpc) is 2.73. The summed E-state index contributed by atoms with van der Waals surface area (Å²) in [5.74, 6) is -2.29. The van der Waals surface area contributed by atoms with Crippen molar-refractivity contribution in [2.24, 2.45) is 0 Å². The number of amides is 1. The van der Waals surface area contributed by atoms with Crippen molar-refractivity contribution < 1.29 is 35.2 Å². The molecule has 2 aromatic rings. The molecule has 1 saturated heterocycles. The van der Waals surface area contributed by atoms with E-state index in [4.69, 9.17) is 11.6 Å². The summed E-state index contributed by atoms with van der Waals surface area (Å²) in [5.41, 5.74) is -0.798. The second-order valence-corrected chi connectivity index (χ2v) is 9.52. The number of benzene rings is 2. The lowest BCUT2D eigenvalue weighted by Crippen LogP contribution is -2.50. The Balaban J connectivity index is 1.62. The lowest BCUT2D eigenvalue weighted by Gasteiger charge is -2.34. The van der Waals surface area contributed by atoms with E-state index in [1.807, 2.05) is 0 Å². The second-order valence-electron chi connectivity index (χ2n) is 7.17. The van der Waals surface area contributed by atoms with Gasteiger partial charge in [0.25, 0.3) is 0 Å². The Bertz CT molecular complexity index is 1120. The van der Waals surface area contributed by atoms with Crippen LogP contribution in [0.4, 0.5) is 22.0 Å².